The highest BCUT2D eigenvalue weighted by Crippen LogP contribution is 2.18. The summed E-state index contributed by atoms with van der Waals surface area (Å²) >= 11 is 6.02. The van der Waals surface area contributed by atoms with E-state index >= 15 is 0 Å². The quantitative estimate of drug-likeness (QED) is 0.866. The monoisotopic (exact) mass is 302 g/mol. The van der Waals surface area contributed by atoms with E-state index in [1.165, 1.54) is 16.7 Å². The highest BCUT2D eigenvalue weighted by molar-refractivity contribution is 6.30. The van der Waals surface area contributed by atoms with Crippen molar-refractivity contribution in [3.63, 3.8) is 0 Å². The summed E-state index contributed by atoms with van der Waals surface area (Å²) in [5.41, 5.74) is 3.84. The van der Waals surface area contributed by atoms with Crippen molar-refractivity contribution >= 4 is 11.6 Å². The average molecular weight is 303 g/mol. The van der Waals surface area contributed by atoms with Crippen LogP contribution in [0.1, 0.15) is 22.7 Å². The minimum Gasteiger partial charge on any atom is -0.308 e. The number of hydrogen-bond acceptors (Lipinski definition) is 2. The normalized spacial score (nSPS) is 12.6. The third-order valence-electron chi connectivity index (χ3n) is 3.59. The van der Waals surface area contributed by atoms with E-state index in [-0.39, 0.29) is 0 Å². The Balaban J connectivity index is 2.09. The SMILES string of the molecule is Cc1cc(Cl)ccc1CNC(CN(C)C)c1ccccc1. The summed E-state index contributed by atoms with van der Waals surface area (Å²) in [4.78, 5) is 2.21. The summed E-state index contributed by atoms with van der Waals surface area (Å²) in [5.74, 6) is 0. The van der Waals surface area contributed by atoms with Gasteiger partial charge in [0.05, 0.1) is 0 Å². The Morgan fingerprint density at radius 1 is 1.10 bits per heavy atom. The van der Waals surface area contributed by atoms with E-state index in [4.69, 9.17) is 11.6 Å². The molecule has 1 atom stereocenters. The van der Waals surface area contributed by atoms with Gasteiger partial charge in [0, 0.05) is 24.2 Å². The summed E-state index contributed by atoms with van der Waals surface area (Å²) in [6.07, 6.45) is 0. The predicted octanol–water partition coefficient (Wildman–Crippen LogP) is 4.04. The summed E-state index contributed by atoms with van der Waals surface area (Å²) in [5, 5.41) is 4.45. The fraction of sp³-hybridized carbons (Fsp3) is 0.333. The van der Waals surface area contributed by atoms with Crippen molar-refractivity contribution < 1.29 is 0 Å². The fourth-order valence-corrected chi connectivity index (χ4v) is 2.66. The molecule has 0 aromatic heterocycles. The molecule has 0 fully saturated rings. The molecule has 112 valence electrons. The minimum atomic E-state index is 0.316. The zero-order chi connectivity index (χ0) is 15.2. The Kier molecular flexibility index (Phi) is 5.80. The van der Waals surface area contributed by atoms with Gasteiger partial charge < -0.3 is 10.2 Å². The number of nitrogens with zero attached hydrogens (tertiary/aromatic N) is 1. The van der Waals surface area contributed by atoms with Gasteiger partial charge in [0.15, 0.2) is 0 Å². The summed E-state index contributed by atoms with van der Waals surface area (Å²) in [7, 11) is 4.20. The zero-order valence-corrected chi connectivity index (χ0v) is 13.7. The first-order valence-corrected chi connectivity index (χ1v) is 7.62. The molecule has 2 aromatic carbocycles. The third kappa shape index (κ3) is 4.85. The topological polar surface area (TPSA) is 15.3 Å². The first-order valence-electron chi connectivity index (χ1n) is 7.24. The van der Waals surface area contributed by atoms with Crippen LogP contribution >= 0.6 is 11.6 Å². The van der Waals surface area contributed by atoms with Crippen LogP contribution in [0.4, 0.5) is 0 Å². The van der Waals surface area contributed by atoms with E-state index in [1.807, 2.05) is 12.1 Å². The van der Waals surface area contributed by atoms with Gasteiger partial charge in [0.2, 0.25) is 0 Å². The maximum atomic E-state index is 6.02. The van der Waals surface area contributed by atoms with Gasteiger partial charge in [-0.1, -0.05) is 48.0 Å². The van der Waals surface area contributed by atoms with E-state index in [2.05, 4.69) is 67.6 Å². The lowest BCUT2D eigenvalue weighted by Crippen LogP contribution is -2.31. The van der Waals surface area contributed by atoms with Gasteiger partial charge in [-0.2, -0.15) is 0 Å². The highest BCUT2D eigenvalue weighted by atomic mass is 35.5. The molecule has 2 nitrogen and oxygen atoms in total. The van der Waals surface area contributed by atoms with Gasteiger partial charge >= 0.3 is 0 Å². The summed E-state index contributed by atoms with van der Waals surface area (Å²) in [6.45, 7) is 3.92. The lowest BCUT2D eigenvalue weighted by Gasteiger charge is -2.23. The first kappa shape index (κ1) is 16.0. The van der Waals surface area contributed by atoms with Gasteiger partial charge in [-0.15, -0.1) is 0 Å². The van der Waals surface area contributed by atoms with Crippen molar-refractivity contribution in [3.05, 3.63) is 70.2 Å². The molecule has 3 heteroatoms. The molecule has 21 heavy (non-hydrogen) atoms. The van der Waals surface area contributed by atoms with Crippen LogP contribution in [0.25, 0.3) is 0 Å². The van der Waals surface area contributed by atoms with Gasteiger partial charge in [-0.05, 0) is 49.8 Å². The predicted molar refractivity (Wildman–Crippen MR) is 90.8 cm³/mol. The van der Waals surface area contributed by atoms with Crippen molar-refractivity contribution in [2.45, 2.75) is 19.5 Å². The summed E-state index contributed by atoms with van der Waals surface area (Å²) in [6, 6.07) is 17.0. The molecule has 0 saturated carbocycles. The lowest BCUT2D eigenvalue weighted by atomic mass is 10.0. The van der Waals surface area contributed by atoms with E-state index in [1.54, 1.807) is 0 Å². The van der Waals surface area contributed by atoms with Crippen LogP contribution in [-0.4, -0.2) is 25.5 Å². The van der Waals surface area contributed by atoms with Crippen molar-refractivity contribution in [2.24, 2.45) is 0 Å². The van der Waals surface area contributed by atoms with Gasteiger partial charge in [-0.3, -0.25) is 0 Å². The van der Waals surface area contributed by atoms with E-state index in [0.29, 0.717) is 6.04 Å². The standard InChI is InChI=1S/C18H23ClN2/c1-14-11-17(19)10-9-16(14)12-20-18(13-21(2)3)15-7-5-4-6-8-15/h4-11,18,20H,12-13H2,1-3H3. The molecule has 0 amide bonds. The maximum Gasteiger partial charge on any atom is 0.0451 e. The second-order valence-electron chi connectivity index (χ2n) is 5.68. The second kappa shape index (κ2) is 7.60. The van der Waals surface area contributed by atoms with Crippen molar-refractivity contribution in [3.8, 4) is 0 Å². The molecule has 0 bridgehead atoms. The molecule has 0 aliphatic carbocycles. The molecular formula is C18H23ClN2. The Morgan fingerprint density at radius 2 is 1.81 bits per heavy atom. The average Bonchev–Trinajstić information content (AvgIpc) is 2.45. The number of aryl methyl sites for hydroxylation is 1. The Hall–Kier alpha value is -1.35. The van der Waals surface area contributed by atoms with Crippen LogP contribution in [0.5, 0.6) is 0 Å². The maximum absolute atomic E-state index is 6.02. The number of benzene rings is 2. The van der Waals surface area contributed by atoms with E-state index in [0.717, 1.165) is 18.1 Å². The second-order valence-corrected chi connectivity index (χ2v) is 6.11. The van der Waals surface area contributed by atoms with Gasteiger partial charge in [-0.25, -0.2) is 0 Å². The van der Waals surface area contributed by atoms with E-state index in [9.17, 15) is 0 Å². The molecular weight excluding hydrogens is 280 g/mol. The van der Waals surface area contributed by atoms with Crippen LogP contribution < -0.4 is 5.32 Å². The minimum absolute atomic E-state index is 0.316. The van der Waals surface area contributed by atoms with Crippen LogP contribution in [0.2, 0.25) is 5.02 Å². The van der Waals surface area contributed by atoms with Crippen LogP contribution in [0.3, 0.4) is 0 Å². The van der Waals surface area contributed by atoms with Gasteiger partial charge in [0.25, 0.3) is 0 Å². The Morgan fingerprint density at radius 3 is 2.43 bits per heavy atom. The Bertz CT molecular complexity index is 567. The fourth-order valence-electron chi connectivity index (χ4n) is 2.43. The molecule has 0 heterocycles. The van der Waals surface area contributed by atoms with Crippen molar-refractivity contribution in [2.75, 3.05) is 20.6 Å². The smallest absolute Gasteiger partial charge is 0.0451 e. The number of likely N-dealkylation sites (N-methyl/N-ethyl adjacent to an activating group) is 1. The Labute approximate surface area is 132 Å². The lowest BCUT2D eigenvalue weighted by molar-refractivity contribution is 0.340. The molecule has 0 spiro atoms. The van der Waals surface area contributed by atoms with Crippen molar-refractivity contribution in [1.29, 1.82) is 0 Å². The molecule has 0 aliphatic heterocycles. The van der Waals surface area contributed by atoms with Crippen LogP contribution in [0, 0.1) is 6.92 Å². The van der Waals surface area contributed by atoms with Crippen LogP contribution in [0.15, 0.2) is 48.5 Å². The zero-order valence-electron chi connectivity index (χ0n) is 12.9. The number of hydrogen-bond donors (Lipinski definition) is 1. The van der Waals surface area contributed by atoms with Gasteiger partial charge in [0.1, 0.15) is 0 Å². The largest absolute Gasteiger partial charge is 0.308 e. The number of rotatable bonds is 6. The molecule has 2 aromatic rings. The molecule has 1 N–H and O–H groups in total. The first-order chi connectivity index (χ1) is 10.1. The molecule has 1 unspecified atom stereocenters. The molecule has 0 aliphatic rings. The number of nitrogens with one attached hydrogen (secondary N) is 1. The summed E-state index contributed by atoms with van der Waals surface area (Å²) < 4.78 is 0. The van der Waals surface area contributed by atoms with E-state index < -0.39 is 0 Å². The third-order valence-corrected chi connectivity index (χ3v) is 3.83. The molecule has 0 saturated heterocycles. The number of halogens is 1. The molecule has 2 rings (SSSR count). The van der Waals surface area contributed by atoms with Crippen LogP contribution in [-0.2, 0) is 6.54 Å². The highest BCUT2D eigenvalue weighted by Gasteiger charge is 2.12. The molecule has 0 radical (unpaired) electrons. The van der Waals surface area contributed by atoms with Crippen molar-refractivity contribution in [1.82, 2.24) is 10.2 Å².